The minimum atomic E-state index is -3.64. The van der Waals surface area contributed by atoms with E-state index >= 15 is 0 Å². The fraction of sp³-hybridized carbons (Fsp3) is 0.250. The molecule has 1 amide bonds. The van der Waals surface area contributed by atoms with Gasteiger partial charge >= 0.3 is 0 Å². The van der Waals surface area contributed by atoms with Crippen molar-refractivity contribution in [3.05, 3.63) is 59.7 Å². The van der Waals surface area contributed by atoms with Crippen LogP contribution in [-0.2, 0) is 21.2 Å². The summed E-state index contributed by atoms with van der Waals surface area (Å²) in [4.78, 5) is 12.2. The van der Waals surface area contributed by atoms with E-state index in [0.717, 1.165) is 22.5 Å². The van der Waals surface area contributed by atoms with Crippen LogP contribution in [0.3, 0.4) is 0 Å². The van der Waals surface area contributed by atoms with Crippen molar-refractivity contribution in [2.45, 2.75) is 13.3 Å². The van der Waals surface area contributed by atoms with E-state index in [1.807, 2.05) is 25.1 Å². The molecule has 2 aromatic rings. The van der Waals surface area contributed by atoms with Crippen LogP contribution < -0.4 is 14.5 Å². The number of hydrazone groups is 1. The Kier molecular flexibility index (Phi) is 7.74. The van der Waals surface area contributed by atoms with E-state index in [0.29, 0.717) is 17.0 Å². The number of nitrogens with zero attached hydrogens (tertiary/aromatic N) is 3. The Balaban J connectivity index is 1.99. The number of hydrogen-bond acceptors (Lipinski definition) is 6. The predicted molar refractivity (Wildman–Crippen MR) is 111 cm³/mol. The van der Waals surface area contributed by atoms with Crippen molar-refractivity contribution in [3.63, 3.8) is 0 Å². The number of anilines is 1. The Hall–Kier alpha value is -3.38. The zero-order chi connectivity index (χ0) is 21.3. The topological polar surface area (TPSA) is 112 Å². The number of nitriles is 1. The van der Waals surface area contributed by atoms with Crippen LogP contribution >= 0.6 is 0 Å². The minimum absolute atomic E-state index is 0.0402. The van der Waals surface area contributed by atoms with E-state index in [9.17, 15) is 13.2 Å². The first-order valence-corrected chi connectivity index (χ1v) is 10.7. The maximum Gasteiger partial charge on any atom is 0.260 e. The molecule has 0 unspecified atom stereocenters. The highest BCUT2D eigenvalue weighted by Gasteiger charge is 2.20. The molecule has 0 saturated heterocycles. The third kappa shape index (κ3) is 6.93. The second-order valence-corrected chi connectivity index (χ2v) is 8.01. The summed E-state index contributed by atoms with van der Waals surface area (Å²) in [7, 11) is -3.64. The lowest BCUT2D eigenvalue weighted by molar-refractivity contribution is -0.119. The SMILES string of the molecule is CCc1ccc(N(CC(=O)N/N=C\c2ccc(OCC#N)cc2)S(C)(=O)=O)cc1. The van der Waals surface area contributed by atoms with E-state index in [1.54, 1.807) is 36.4 Å². The minimum Gasteiger partial charge on any atom is -0.479 e. The summed E-state index contributed by atoms with van der Waals surface area (Å²) in [5.74, 6) is -0.0224. The highest BCUT2D eigenvalue weighted by Crippen LogP contribution is 2.18. The molecule has 2 aromatic carbocycles. The molecule has 0 bridgehead atoms. The molecule has 0 aliphatic rings. The second-order valence-electron chi connectivity index (χ2n) is 6.10. The lowest BCUT2D eigenvalue weighted by Gasteiger charge is -2.21. The summed E-state index contributed by atoms with van der Waals surface area (Å²) in [6.45, 7) is 1.58. The average Bonchev–Trinajstić information content (AvgIpc) is 2.71. The van der Waals surface area contributed by atoms with Gasteiger partial charge in [-0.3, -0.25) is 9.10 Å². The molecular formula is C20H22N4O4S. The van der Waals surface area contributed by atoms with Gasteiger partial charge in [0.05, 0.1) is 18.2 Å². The molecule has 152 valence electrons. The number of hydrogen-bond donors (Lipinski definition) is 1. The van der Waals surface area contributed by atoms with Gasteiger partial charge in [0.2, 0.25) is 10.0 Å². The van der Waals surface area contributed by atoms with Gasteiger partial charge in [0.25, 0.3) is 5.91 Å². The van der Waals surface area contributed by atoms with Gasteiger partial charge in [-0.2, -0.15) is 10.4 Å². The van der Waals surface area contributed by atoms with Crippen molar-refractivity contribution in [2.24, 2.45) is 5.10 Å². The van der Waals surface area contributed by atoms with Crippen molar-refractivity contribution in [1.29, 1.82) is 5.26 Å². The Bertz CT molecular complexity index is 994. The summed E-state index contributed by atoms with van der Waals surface area (Å²) in [5, 5.41) is 12.3. The smallest absolute Gasteiger partial charge is 0.260 e. The van der Waals surface area contributed by atoms with Crippen LogP contribution in [0, 0.1) is 11.3 Å². The molecule has 0 spiro atoms. The number of amides is 1. The van der Waals surface area contributed by atoms with Crippen molar-refractivity contribution in [1.82, 2.24) is 5.43 Å². The number of carbonyl (C=O) groups is 1. The Morgan fingerprint density at radius 2 is 1.86 bits per heavy atom. The fourth-order valence-electron chi connectivity index (χ4n) is 2.41. The van der Waals surface area contributed by atoms with Crippen molar-refractivity contribution in [2.75, 3.05) is 23.7 Å². The van der Waals surface area contributed by atoms with E-state index in [1.165, 1.54) is 6.21 Å². The molecule has 0 atom stereocenters. The number of benzene rings is 2. The molecule has 2 rings (SSSR count). The van der Waals surface area contributed by atoms with Crippen molar-refractivity contribution >= 4 is 27.8 Å². The van der Waals surface area contributed by atoms with Crippen LogP contribution in [0.2, 0.25) is 0 Å². The summed E-state index contributed by atoms with van der Waals surface area (Å²) >= 11 is 0. The predicted octanol–water partition coefficient (Wildman–Crippen LogP) is 2.07. The molecule has 0 aliphatic heterocycles. The number of sulfonamides is 1. The monoisotopic (exact) mass is 414 g/mol. The first-order valence-electron chi connectivity index (χ1n) is 8.82. The molecular weight excluding hydrogens is 392 g/mol. The molecule has 8 nitrogen and oxygen atoms in total. The summed E-state index contributed by atoms with van der Waals surface area (Å²) in [5.41, 5.74) is 4.51. The summed E-state index contributed by atoms with van der Waals surface area (Å²) in [6, 6.07) is 15.6. The molecule has 0 aliphatic carbocycles. The zero-order valence-corrected chi connectivity index (χ0v) is 17.0. The molecule has 0 aromatic heterocycles. The van der Waals surface area contributed by atoms with Gasteiger partial charge in [-0.1, -0.05) is 19.1 Å². The van der Waals surface area contributed by atoms with Gasteiger partial charge in [-0.05, 0) is 53.9 Å². The average molecular weight is 414 g/mol. The second kappa shape index (κ2) is 10.2. The van der Waals surface area contributed by atoms with Crippen LogP contribution in [0.5, 0.6) is 5.75 Å². The normalized spacial score (nSPS) is 11.1. The quantitative estimate of drug-likeness (QED) is 0.499. The van der Waals surface area contributed by atoms with Crippen LogP contribution in [0.15, 0.2) is 53.6 Å². The number of ether oxygens (including phenoxy) is 1. The first-order chi connectivity index (χ1) is 13.8. The van der Waals surface area contributed by atoms with Crippen LogP contribution in [0.1, 0.15) is 18.1 Å². The number of aryl methyl sites for hydroxylation is 1. The molecule has 9 heteroatoms. The lowest BCUT2D eigenvalue weighted by Crippen LogP contribution is -2.39. The van der Waals surface area contributed by atoms with E-state index in [2.05, 4.69) is 10.5 Å². The number of nitrogens with one attached hydrogen (secondary N) is 1. The molecule has 0 radical (unpaired) electrons. The zero-order valence-electron chi connectivity index (χ0n) is 16.2. The standard InChI is InChI=1S/C20H22N4O4S/c1-3-16-4-8-18(9-5-16)24(29(2,26)27)15-20(25)23-22-14-17-6-10-19(11-7-17)28-13-12-21/h4-11,14H,3,13,15H2,1-2H3,(H,23,25)/b22-14-. The maximum absolute atomic E-state index is 12.2. The number of carbonyl (C=O) groups excluding carboxylic acids is 1. The summed E-state index contributed by atoms with van der Waals surface area (Å²) < 4.78 is 30.4. The number of rotatable bonds is 9. The third-order valence-corrected chi connectivity index (χ3v) is 5.05. The highest BCUT2D eigenvalue weighted by atomic mass is 32.2. The largest absolute Gasteiger partial charge is 0.479 e. The Labute approximate surface area is 170 Å². The van der Waals surface area contributed by atoms with Gasteiger partial charge < -0.3 is 4.74 Å². The van der Waals surface area contributed by atoms with Crippen LogP contribution in [0.25, 0.3) is 0 Å². The van der Waals surface area contributed by atoms with E-state index < -0.39 is 15.9 Å². The maximum atomic E-state index is 12.2. The van der Waals surface area contributed by atoms with Crippen LogP contribution in [0.4, 0.5) is 5.69 Å². The first kappa shape index (κ1) is 21.9. The Morgan fingerprint density at radius 1 is 1.21 bits per heavy atom. The fourth-order valence-corrected chi connectivity index (χ4v) is 3.26. The van der Waals surface area contributed by atoms with E-state index in [4.69, 9.17) is 10.00 Å². The summed E-state index contributed by atoms with van der Waals surface area (Å²) in [6.07, 6.45) is 3.31. The van der Waals surface area contributed by atoms with Crippen molar-refractivity contribution < 1.29 is 17.9 Å². The van der Waals surface area contributed by atoms with Crippen LogP contribution in [-0.4, -0.2) is 39.9 Å². The lowest BCUT2D eigenvalue weighted by atomic mass is 10.1. The van der Waals surface area contributed by atoms with Crippen molar-refractivity contribution in [3.8, 4) is 11.8 Å². The molecule has 0 heterocycles. The molecule has 1 N–H and O–H groups in total. The van der Waals surface area contributed by atoms with Gasteiger partial charge in [0.1, 0.15) is 18.4 Å². The molecule has 0 saturated carbocycles. The van der Waals surface area contributed by atoms with Gasteiger partial charge in [0, 0.05) is 0 Å². The van der Waals surface area contributed by atoms with Gasteiger partial charge in [-0.25, -0.2) is 13.8 Å². The Morgan fingerprint density at radius 3 is 2.41 bits per heavy atom. The van der Waals surface area contributed by atoms with Gasteiger partial charge in [0.15, 0.2) is 6.61 Å². The molecule has 29 heavy (non-hydrogen) atoms. The van der Waals surface area contributed by atoms with Gasteiger partial charge in [-0.15, -0.1) is 0 Å². The molecule has 0 fully saturated rings. The van der Waals surface area contributed by atoms with E-state index in [-0.39, 0.29) is 13.2 Å². The highest BCUT2D eigenvalue weighted by molar-refractivity contribution is 7.92. The third-order valence-electron chi connectivity index (χ3n) is 3.91.